The Balaban J connectivity index is 1.52. The van der Waals surface area contributed by atoms with E-state index < -0.39 is 0 Å². The van der Waals surface area contributed by atoms with Crippen molar-refractivity contribution < 1.29 is 4.39 Å². The molecule has 1 aliphatic rings. The Hall–Kier alpha value is -3.32. The number of anilines is 1. The molecule has 0 amide bonds. The van der Waals surface area contributed by atoms with Crippen molar-refractivity contribution >= 4 is 17.1 Å². The lowest BCUT2D eigenvalue weighted by Gasteiger charge is -2.24. The van der Waals surface area contributed by atoms with Crippen LogP contribution >= 0.6 is 0 Å². The van der Waals surface area contributed by atoms with Crippen molar-refractivity contribution in [1.29, 1.82) is 0 Å². The van der Waals surface area contributed by atoms with Crippen LogP contribution in [0.1, 0.15) is 24.0 Å². The number of fused-ring (bicyclic) bond motifs is 1. The molecule has 7 heteroatoms. The van der Waals surface area contributed by atoms with Gasteiger partial charge in [-0.2, -0.15) is 4.98 Å². The first-order valence-corrected chi connectivity index (χ1v) is 11.2. The van der Waals surface area contributed by atoms with Crippen LogP contribution in [0.4, 0.5) is 10.3 Å². The fraction of sp³-hybridized carbons (Fsp3) is 0.320. The lowest BCUT2D eigenvalue weighted by atomic mass is 9.99. The molecule has 3 heterocycles. The van der Waals surface area contributed by atoms with Gasteiger partial charge in [-0.15, -0.1) is 0 Å². The predicted molar refractivity (Wildman–Crippen MR) is 125 cm³/mol. The summed E-state index contributed by atoms with van der Waals surface area (Å²) in [4.78, 5) is 14.1. The zero-order valence-corrected chi connectivity index (χ0v) is 18.2. The zero-order valence-electron chi connectivity index (χ0n) is 18.2. The van der Waals surface area contributed by atoms with Gasteiger partial charge < -0.3 is 15.2 Å². The molecule has 2 aromatic heterocycles. The van der Waals surface area contributed by atoms with Crippen LogP contribution in [-0.4, -0.2) is 32.6 Å². The third kappa shape index (κ3) is 4.21. The molecule has 5 rings (SSSR count). The minimum Gasteiger partial charge on any atom is -0.350 e. The molecule has 1 atom stereocenters. The first kappa shape index (κ1) is 20.6. The van der Waals surface area contributed by atoms with Crippen molar-refractivity contribution in [2.24, 2.45) is 5.92 Å². The number of nitrogens with one attached hydrogen (secondary N) is 2. The normalized spacial score (nSPS) is 16.4. The number of hydrogen-bond donors (Lipinski definition) is 2. The van der Waals surface area contributed by atoms with E-state index in [1.165, 1.54) is 24.5 Å². The third-order valence-electron chi connectivity index (χ3n) is 6.11. The second-order valence-corrected chi connectivity index (χ2v) is 8.42. The summed E-state index contributed by atoms with van der Waals surface area (Å²) in [5.74, 6) is 1.68. The molecule has 0 spiro atoms. The van der Waals surface area contributed by atoms with Gasteiger partial charge in [0.1, 0.15) is 17.2 Å². The number of piperidine rings is 1. The van der Waals surface area contributed by atoms with E-state index in [0.717, 1.165) is 42.2 Å². The minimum absolute atomic E-state index is 0.238. The van der Waals surface area contributed by atoms with E-state index >= 15 is 0 Å². The van der Waals surface area contributed by atoms with Crippen molar-refractivity contribution in [3.05, 3.63) is 71.7 Å². The molecule has 1 unspecified atom stereocenters. The highest BCUT2D eigenvalue weighted by atomic mass is 19.1. The molecule has 0 aliphatic carbocycles. The number of rotatable bonds is 6. The number of imidazole rings is 1. The number of halogens is 1. The Morgan fingerprint density at radius 2 is 1.97 bits per heavy atom. The minimum atomic E-state index is -0.238. The van der Waals surface area contributed by atoms with Gasteiger partial charge in [0, 0.05) is 24.2 Å². The monoisotopic (exact) mass is 430 g/mol. The van der Waals surface area contributed by atoms with Gasteiger partial charge in [-0.05, 0) is 50.4 Å². The molecule has 4 aromatic rings. The van der Waals surface area contributed by atoms with Crippen LogP contribution in [0.2, 0.25) is 0 Å². The molecular weight excluding hydrogens is 403 g/mol. The number of hydrogen-bond acceptors (Lipinski definition) is 5. The van der Waals surface area contributed by atoms with Gasteiger partial charge in [-0.25, -0.2) is 14.4 Å². The summed E-state index contributed by atoms with van der Waals surface area (Å²) in [5.41, 5.74) is 4.44. The fourth-order valence-corrected chi connectivity index (χ4v) is 4.36. The summed E-state index contributed by atoms with van der Waals surface area (Å²) < 4.78 is 16.2. The maximum Gasteiger partial charge on any atom is 0.225 e. The summed E-state index contributed by atoms with van der Waals surface area (Å²) in [6.07, 6.45) is 4.12. The Kier molecular flexibility index (Phi) is 5.81. The average Bonchev–Trinajstić information content (AvgIpc) is 3.17. The van der Waals surface area contributed by atoms with Crippen molar-refractivity contribution in [3.8, 4) is 11.4 Å². The second-order valence-electron chi connectivity index (χ2n) is 8.42. The molecule has 1 fully saturated rings. The van der Waals surface area contributed by atoms with Gasteiger partial charge in [0.15, 0.2) is 5.65 Å². The van der Waals surface area contributed by atoms with Gasteiger partial charge in [-0.3, -0.25) is 0 Å². The number of aromatic nitrogens is 4. The number of nitrogens with zero attached hydrogens (tertiary/aromatic N) is 4. The van der Waals surface area contributed by atoms with Crippen molar-refractivity contribution in [3.63, 3.8) is 0 Å². The van der Waals surface area contributed by atoms with Crippen LogP contribution < -0.4 is 10.6 Å². The largest absolute Gasteiger partial charge is 0.350 e. The SMILES string of the molecule is Cc1ccccc1-c1nc2cnc(NCc3ccccc3F)nc2n1CC1CCCNC1. The fourth-order valence-electron chi connectivity index (χ4n) is 4.36. The van der Waals surface area contributed by atoms with Gasteiger partial charge in [0.05, 0.1) is 6.20 Å². The van der Waals surface area contributed by atoms with Crippen LogP contribution in [0.3, 0.4) is 0 Å². The highest BCUT2D eigenvalue weighted by Gasteiger charge is 2.21. The van der Waals surface area contributed by atoms with Gasteiger partial charge in [0.25, 0.3) is 0 Å². The van der Waals surface area contributed by atoms with Crippen molar-refractivity contribution in [1.82, 2.24) is 24.8 Å². The molecule has 164 valence electrons. The molecule has 32 heavy (non-hydrogen) atoms. The summed E-state index contributed by atoms with van der Waals surface area (Å²) in [7, 11) is 0. The lowest BCUT2D eigenvalue weighted by molar-refractivity contribution is 0.341. The Labute approximate surface area is 186 Å². The quantitative estimate of drug-likeness (QED) is 0.470. The van der Waals surface area contributed by atoms with Crippen LogP contribution in [0, 0.1) is 18.7 Å². The Bertz CT molecular complexity index is 1230. The lowest BCUT2D eigenvalue weighted by Crippen LogP contribution is -2.32. The summed E-state index contributed by atoms with van der Waals surface area (Å²) >= 11 is 0. The molecule has 6 nitrogen and oxygen atoms in total. The van der Waals surface area contributed by atoms with Gasteiger partial charge in [0.2, 0.25) is 5.95 Å². The Morgan fingerprint density at radius 1 is 1.12 bits per heavy atom. The van der Waals surface area contributed by atoms with Crippen molar-refractivity contribution in [2.75, 3.05) is 18.4 Å². The van der Waals surface area contributed by atoms with E-state index in [1.807, 2.05) is 18.2 Å². The maximum absolute atomic E-state index is 14.0. The number of aryl methyl sites for hydroxylation is 1. The van der Waals surface area contributed by atoms with Crippen molar-refractivity contribution in [2.45, 2.75) is 32.9 Å². The maximum atomic E-state index is 14.0. The van der Waals surface area contributed by atoms with E-state index in [1.54, 1.807) is 18.3 Å². The molecule has 0 bridgehead atoms. The molecular formula is C25H27FN6. The van der Waals surface area contributed by atoms with Crippen LogP contribution in [-0.2, 0) is 13.1 Å². The standard InChI is InChI=1S/C25H27FN6/c1-17-7-2-4-10-20(17)23-30-22-15-29-25(28-14-19-9-3-5-11-21(19)26)31-24(22)32(23)16-18-8-6-12-27-13-18/h2-5,7,9-11,15,18,27H,6,8,12-14,16H2,1H3,(H,28,29,31). The molecule has 1 saturated heterocycles. The zero-order chi connectivity index (χ0) is 21.9. The van der Waals surface area contributed by atoms with E-state index in [-0.39, 0.29) is 5.82 Å². The Morgan fingerprint density at radius 3 is 2.78 bits per heavy atom. The van der Waals surface area contributed by atoms with Crippen LogP contribution in [0.25, 0.3) is 22.6 Å². The summed E-state index contributed by atoms with van der Waals surface area (Å²) in [6, 6.07) is 15.0. The van der Waals surface area contributed by atoms with Gasteiger partial charge in [-0.1, -0.05) is 42.5 Å². The molecule has 2 N–H and O–H groups in total. The highest BCUT2D eigenvalue weighted by Crippen LogP contribution is 2.28. The average molecular weight is 431 g/mol. The molecule has 1 aliphatic heterocycles. The molecule has 2 aromatic carbocycles. The predicted octanol–water partition coefficient (Wildman–Crippen LogP) is 4.55. The van der Waals surface area contributed by atoms with E-state index in [4.69, 9.17) is 9.97 Å². The highest BCUT2D eigenvalue weighted by molar-refractivity contribution is 5.78. The summed E-state index contributed by atoms with van der Waals surface area (Å²) in [5, 5.41) is 6.68. The first-order chi connectivity index (χ1) is 15.7. The van der Waals surface area contributed by atoms with Gasteiger partial charge >= 0.3 is 0 Å². The summed E-state index contributed by atoms with van der Waals surface area (Å²) in [6.45, 7) is 5.35. The smallest absolute Gasteiger partial charge is 0.225 e. The van der Waals surface area contributed by atoms with Crippen LogP contribution in [0.15, 0.2) is 54.7 Å². The molecule has 0 radical (unpaired) electrons. The number of benzene rings is 2. The van der Waals surface area contributed by atoms with E-state index in [0.29, 0.717) is 24.0 Å². The van der Waals surface area contributed by atoms with Crippen LogP contribution in [0.5, 0.6) is 0 Å². The topological polar surface area (TPSA) is 67.7 Å². The second kappa shape index (κ2) is 9.04. The van der Waals surface area contributed by atoms with E-state index in [2.05, 4.69) is 39.2 Å². The molecule has 0 saturated carbocycles. The van der Waals surface area contributed by atoms with E-state index in [9.17, 15) is 4.39 Å². The third-order valence-corrected chi connectivity index (χ3v) is 6.11. The first-order valence-electron chi connectivity index (χ1n) is 11.2.